The summed E-state index contributed by atoms with van der Waals surface area (Å²) < 4.78 is 26.5. The van der Waals surface area contributed by atoms with E-state index in [9.17, 15) is 18.4 Å². The van der Waals surface area contributed by atoms with Gasteiger partial charge in [-0.05, 0) is 24.1 Å². The maximum absolute atomic E-state index is 13.5. The first-order valence-corrected chi connectivity index (χ1v) is 5.87. The SMILES string of the molecule is C[C@@H]1CN(C(=O)c2cc(F)ccc2F)C[C@H]1C(=O)O. The van der Waals surface area contributed by atoms with Gasteiger partial charge in [-0.25, -0.2) is 8.78 Å². The second-order valence-electron chi connectivity index (χ2n) is 4.76. The van der Waals surface area contributed by atoms with Crippen LogP contribution in [0.5, 0.6) is 0 Å². The van der Waals surface area contributed by atoms with Crippen LogP contribution in [0.15, 0.2) is 18.2 Å². The summed E-state index contributed by atoms with van der Waals surface area (Å²) in [6.07, 6.45) is 0. The van der Waals surface area contributed by atoms with Crippen LogP contribution >= 0.6 is 0 Å². The highest BCUT2D eigenvalue weighted by Crippen LogP contribution is 2.25. The Balaban J connectivity index is 2.22. The van der Waals surface area contributed by atoms with E-state index in [2.05, 4.69) is 0 Å². The summed E-state index contributed by atoms with van der Waals surface area (Å²) >= 11 is 0. The molecule has 1 amide bonds. The first-order valence-electron chi connectivity index (χ1n) is 5.87. The van der Waals surface area contributed by atoms with Crippen molar-refractivity contribution in [3.63, 3.8) is 0 Å². The molecule has 1 aromatic rings. The Kier molecular flexibility index (Phi) is 3.50. The van der Waals surface area contributed by atoms with Gasteiger partial charge in [-0.1, -0.05) is 6.92 Å². The Morgan fingerprint density at radius 1 is 1.32 bits per heavy atom. The summed E-state index contributed by atoms with van der Waals surface area (Å²) in [7, 11) is 0. The average molecular weight is 269 g/mol. The number of hydrogen-bond acceptors (Lipinski definition) is 2. The van der Waals surface area contributed by atoms with Crippen LogP contribution in [0, 0.1) is 23.5 Å². The number of carboxylic acids is 1. The second kappa shape index (κ2) is 4.95. The van der Waals surface area contributed by atoms with Crippen molar-refractivity contribution < 1.29 is 23.5 Å². The molecule has 2 atom stereocenters. The second-order valence-corrected chi connectivity index (χ2v) is 4.76. The largest absolute Gasteiger partial charge is 0.481 e. The number of amides is 1. The fourth-order valence-electron chi connectivity index (χ4n) is 2.29. The lowest BCUT2D eigenvalue weighted by Crippen LogP contribution is -2.30. The zero-order chi connectivity index (χ0) is 14.2. The van der Waals surface area contributed by atoms with Crippen LogP contribution in [0.25, 0.3) is 0 Å². The van der Waals surface area contributed by atoms with Crippen molar-refractivity contribution in [2.75, 3.05) is 13.1 Å². The summed E-state index contributed by atoms with van der Waals surface area (Å²) in [5.41, 5.74) is -0.363. The number of carbonyl (C=O) groups is 2. The zero-order valence-electron chi connectivity index (χ0n) is 10.3. The van der Waals surface area contributed by atoms with Gasteiger partial charge >= 0.3 is 5.97 Å². The molecule has 1 aliphatic heterocycles. The molecule has 0 bridgehead atoms. The maximum atomic E-state index is 13.5. The molecular formula is C13H13F2NO3. The highest BCUT2D eigenvalue weighted by atomic mass is 19.1. The van der Waals surface area contributed by atoms with E-state index >= 15 is 0 Å². The predicted molar refractivity (Wildman–Crippen MR) is 62.6 cm³/mol. The molecule has 1 fully saturated rings. The van der Waals surface area contributed by atoms with Gasteiger partial charge < -0.3 is 10.0 Å². The van der Waals surface area contributed by atoms with Gasteiger partial charge in [0.25, 0.3) is 5.91 Å². The maximum Gasteiger partial charge on any atom is 0.308 e. The normalized spacial score (nSPS) is 22.6. The third-order valence-corrected chi connectivity index (χ3v) is 3.38. The van der Waals surface area contributed by atoms with E-state index in [1.807, 2.05) is 0 Å². The fourth-order valence-corrected chi connectivity index (χ4v) is 2.29. The third-order valence-electron chi connectivity index (χ3n) is 3.38. The monoisotopic (exact) mass is 269 g/mol. The Bertz CT molecular complexity index is 533. The van der Waals surface area contributed by atoms with Gasteiger partial charge in [0.05, 0.1) is 11.5 Å². The molecule has 0 unspecified atom stereocenters. The number of carboxylic acid groups (broad SMARTS) is 1. The molecule has 1 aromatic carbocycles. The summed E-state index contributed by atoms with van der Waals surface area (Å²) in [6.45, 7) is 1.96. The predicted octanol–water partition coefficient (Wildman–Crippen LogP) is 1.76. The van der Waals surface area contributed by atoms with Gasteiger partial charge in [-0.2, -0.15) is 0 Å². The van der Waals surface area contributed by atoms with E-state index in [1.165, 1.54) is 4.90 Å². The van der Waals surface area contributed by atoms with E-state index in [0.717, 1.165) is 18.2 Å². The molecule has 0 saturated carbocycles. The Morgan fingerprint density at radius 3 is 2.58 bits per heavy atom. The van der Waals surface area contributed by atoms with Crippen LogP contribution in [0.4, 0.5) is 8.78 Å². The molecule has 1 saturated heterocycles. The first-order chi connectivity index (χ1) is 8.90. The minimum Gasteiger partial charge on any atom is -0.481 e. The van der Waals surface area contributed by atoms with Crippen LogP contribution in [0.1, 0.15) is 17.3 Å². The molecule has 2 rings (SSSR count). The van der Waals surface area contributed by atoms with Crippen molar-refractivity contribution >= 4 is 11.9 Å². The third kappa shape index (κ3) is 2.57. The zero-order valence-corrected chi connectivity index (χ0v) is 10.3. The quantitative estimate of drug-likeness (QED) is 0.890. The van der Waals surface area contributed by atoms with Crippen molar-refractivity contribution in [1.29, 1.82) is 0 Å². The van der Waals surface area contributed by atoms with Gasteiger partial charge in [0.1, 0.15) is 11.6 Å². The van der Waals surface area contributed by atoms with Gasteiger partial charge in [-0.3, -0.25) is 9.59 Å². The van der Waals surface area contributed by atoms with E-state index in [0.29, 0.717) is 0 Å². The number of benzene rings is 1. The lowest BCUT2D eigenvalue weighted by molar-refractivity contribution is -0.142. The Labute approximate surface area is 108 Å². The number of nitrogens with zero attached hydrogens (tertiary/aromatic N) is 1. The number of likely N-dealkylation sites (tertiary alicyclic amines) is 1. The van der Waals surface area contributed by atoms with E-state index in [-0.39, 0.29) is 24.6 Å². The van der Waals surface area contributed by atoms with Crippen LogP contribution in [-0.4, -0.2) is 35.0 Å². The minimum absolute atomic E-state index is 0.0191. The fraction of sp³-hybridized carbons (Fsp3) is 0.385. The highest BCUT2D eigenvalue weighted by molar-refractivity contribution is 5.95. The molecule has 19 heavy (non-hydrogen) atoms. The number of aliphatic carboxylic acids is 1. The standard InChI is InChI=1S/C13H13F2NO3/c1-7-5-16(6-10(7)13(18)19)12(17)9-4-8(14)2-3-11(9)15/h2-4,7,10H,5-6H2,1H3,(H,18,19)/t7-,10-/m1/s1. The molecule has 0 spiro atoms. The van der Waals surface area contributed by atoms with Crippen molar-refractivity contribution in [3.8, 4) is 0 Å². The number of hydrogen-bond donors (Lipinski definition) is 1. The molecule has 0 aromatic heterocycles. The molecule has 1 N–H and O–H groups in total. The lowest BCUT2D eigenvalue weighted by atomic mass is 9.99. The van der Waals surface area contributed by atoms with Crippen LogP contribution in [0.3, 0.4) is 0 Å². The average Bonchev–Trinajstić information content (AvgIpc) is 2.74. The van der Waals surface area contributed by atoms with Gasteiger partial charge in [-0.15, -0.1) is 0 Å². The summed E-state index contributed by atoms with van der Waals surface area (Å²) in [5, 5.41) is 8.98. The van der Waals surface area contributed by atoms with Gasteiger partial charge in [0.15, 0.2) is 0 Å². The summed E-state index contributed by atoms with van der Waals surface area (Å²) in [5.74, 6) is -4.04. The van der Waals surface area contributed by atoms with Gasteiger partial charge in [0.2, 0.25) is 0 Å². The molecule has 102 valence electrons. The van der Waals surface area contributed by atoms with Crippen molar-refractivity contribution in [2.45, 2.75) is 6.92 Å². The van der Waals surface area contributed by atoms with E-state index < -0.39 is 29.4 Å². The summed E-state index contributed by atoms with van der Waals surface area (Å²) in [6, 6.07) is 2.64. The number of rotatable bonds is 2. The van der Waals surface area contributed by atoms with E-state index in [1.54, 1.807) is 6.92 Å². The summed E-state index contributed by atoms with van der Waals surface area (Å²) in [4.78, 5) is 24.3. The van der Waals surface area contributed by atoms with Crippen LogP contribution < -0.4 is 0 Å². The number of carbonyl (C=O) groups excluding carboxylic acids is 1. The lowest BCUT2D eigenvalue weighted by Gasteiger charge is -2.16. The Hall–Kier alpha value is -1.98. The van der Waals surface area contributed by atoms with Crippen molar-refractivity contribution in [2.24, 2.45) is 11.8 Å². The highest BCUT2D eigenvalue weighted by Gasteiger charge is 2.37. The first kappa shape index (κ1) is 13.5. The molecular weight excluding hydrogens is 256 g/mol. The molecule has 1 heterocycles. The van der Waals surface area contributed by atoms with Crippen molar-refractivity contribution in [1.82, 2.24) is 4.90 Å². The molecule has 1 aliphatic rings. The van der Waals surface area contributed by atoms with Gasteiger partial charge in [0, 0.05) is 13.1 Å². The smallest absolute Gasteiger partial charge is 0.308 e. The number of halogens is 2. The van der Waals surface area contributed by atoms with Crippen LogP contribution in [-0.2, 0) is 4.79 Å². The topological polar surface area (TPSA) is 57.6 Å². The molecule has 6 heteroatoms. The van der Waals surface area contributed by atoms with Crippen LogP contribution in [0.2, 0.25) is 0 Å². The minimum atomic E-state index is -0.984. The van der Waals surface area contributed by atoms with Crippen molar-refractivity contribution in [3.05, 3.63) is 35.4 Å². The molecule has 0 radical (unpaired) electrons. The molecule has 4 nitrogen and oxygen atoms in total. The molecule has 0 aliphatic carbocycles. The van der Waals surface area contributed by atoms with E-state index in [4.69, 9.17) is 5.11 Å². The Morgan fingerprint density at radius 2 is 2.00 bits per heavy atom.